The van der Waals surface area contributed by atoms with Gasteiger partial charge in [0.05, 0.1) is 0 Å². The first-order chi connectivity index (χ1) is 10.0. The topological polar surface area (TPSA) is 49.8 Å². The number of carboxylic acids is 1. The highest BCUT2D eigenvalue weighted by atomic mass is 19.3. The molecular weight excluding hydrogens is 280 g/mol. The molecule has 6 heteroatoms. The van der Waals surface area contributed by atoms with Gasteiger partial charge < -0.3 is 9.84 Å². The summed E-state index contributed by atoms with van der Waals surface area (Å²) in [5, 5.41) is 8.85. The minimum Gasteiger partial charge on any atom is -0.481 e. The van der Waals surface area contributed by atoms with E-state index >= 15 is 0 Å². The maximum Gasteiger partial charge on any atom is 0.387 e. The summed E-state index contributed by atoms with van der Waals surface area (Å²) in [6, 6.07) is 6.58. The maximum atomic E-state index is 12.1. The molecule has 116 valence electrons. The van der Waals surface area contributed by atoms with E-state index in [1.54, 1.807) is 12.1 Å². The van der Waals surface area contributed by atoms with Gasteiger partial charge >= 0.3 is 12.6 Å². The summed E-state index contributed by atoms with van der Waals surface area (Å²) in [4.78, 5) is 13.0. The third-order valence-corrected chi connectivity index (χ3v) is 3.62. The van der Waals surface area contributed by atoms with Gasteiger partial charge in [-0.25, -0.2) is 0 Å². The SMILES string of the molecule is O=C(O)CC1CCCN(Cc2ccc(OC(F)F)cc2)C1. The molecule has 0 aromatic heterocycles. The molecule has 0 radical (unpaired) electrons. The number of halogens is 2. The standard InChI is InChI=1S/C15H19F2NO3/c16-15(17)21-13-5-3-11(4-6-13)9-18-7-1-2-12(10-18)8-14(19)20/h3-6,12,15H,1-2,7-10H2,(H,19,20). The molecule has 1 aromatic carbocycles. The Balaban J connectivity index is 1.87. The molecule has 1 atom stereocenters. The van der Waals surface area contributed by atoms with Gasteiger partial charge in [0.25, 0.3) is 0 Å². The molecule has 2 rings (SSSR count). The highest BCUT2D eigenvalue weighted by Gasteiger charge is 2.22. The van der Waals surface area contributed by atoms with Crippen LogP contribution in [0.1, 0.15) is 24.8 Å². The number of carboxylic acid groups (broad SMARTS) is 1. The van der Waals surface area contributed by atoms with Crippen molar-refractivity contribution in [3.63, 3.8) is 0 Å². The van der Waals surface area contributed by atoms with E-state index in [-0.39, 0.29) is 18.1 Å². The lowest BCUT2D eigenvalue weighted by molar-refractivity contribution is -0.138. The number of aliphatic carboxylic acids is 1. The number of hydrogen-bond acceptors (Lipinski definition) is 3. The van der Waals surface area contributed by atoms with E-state index in [0.717, 1.165) is 31.5 Å². The average molecular weight is 299 g/mol. The van der Waals surface area contributed by atoms with Gasteiger partial charge in [0.2, 0.25) is 0 Å². The zero-order valence-electron chi connectivity index (χ0n) is 11.7. The first-order valence-electron chi connectivity index (χ1n) is 7.01. The van der Waals surface area contributed by atoms with E-state index in [9.17, 15) is 13.6 Å². The molecule has 1 heterocycles. The van der Waals surface area contributed by atoms with Crippen molar-refractivity contribution in [2.45, 2.75) is 32.4 Å². The third-order valence-electron chi connectivity index (χ3n) is 3.62. The van der Waals surface area contributed by atoms with Crippen LogP contribution in [0, 0.1) is 5.92 Å². The van der Waals surface area contributed by atoms with Gasteiger partial charge in [-0.1, -0.05) is 12.1 Å². The van der Waals surface area contributed by atoms with Gasteiger partial charge in [-0.2, -0.15) is 8.78 Å². The number of piperidine rings is 1. The van der Waals surface area contributed by atoms with Crippen LogP contribution in [0.4, 0.5) is 8.78 Å². The highest BCUT2D eigenvalue weighted by Crippen LogP contribution is 2.22. The zero-order valence-corrected chi connectivity index (χ0v) is 11.7. The Bertz CT molecular complexity index is 464. The largest absolute Gasteiger partial charge is 0.481 e. The Morgan fingerprint density at radius 2 is 2.10 bits per heavy atom. The summed E-state index contributed by atoms with van der Waals surface area (Å²) in [5.74, 6) is -0.413. The summed E-state index contributed by atoms with van der Waals surface area (Å²) in [6.07, 6.45) is 2.14. The molecule has 1 aliphatic heterocycles. The minimum absolute atomic E-state index is 0.149. The molecule has 21 heavy (non-hydrogen) atoms. The third kappa shape index (κ3) is 5.30. The number of hydrogen-bond donors (Lipinski definition) is 1. The van der Waals surface area contributed by atoms with Crippen molar-refractivity contribution >= 4 is 5.97 Å². The van der Waals surface area contributed by atoms with E-state index in [1.807, 2.05) is 0 Å². The minimum atomic E-state index is -2.81. The summed E-state index contributed by atoms with van der Waals surface area (Å²) in [6.45, 7) is -0.410. The molecule has 4 nitrogen and oxygen atoms in total. The van der Waals surface area contributed by atoms with Crippen LogP contribution in [0.2, 0.25) is 0 Å². The van der Waals surface area contributed by atoms with E-state index in [1.165, 1.54) is 12.1 Å². The second kappa shape index (κ2) is 7.36. The first kappa shape index (κ1) is 15.7. The van der Waals surface area contributed by atoms with Gasteiger partial charge in [-0.15, -0.1) is 0 Å². The van der Waals surface area contributed by atoms with Crippen LogP contribution in [0.3, 0.4) is 0 Å². The lowest BCUT2D eigenvalue weighted by Crippen LogP contribution is -2.35. The lowest BCUT2D eigenvalue weighted by atomic mass is 9.94. The van der Waals surface area contributed by atoms with Gasteiger partial charge in [-0.05, 0) is 43.0 Å². The fraction of sp³-hybridized carbons (Fsp3) is 0.533. The number of rotatable bonds is 6. The van der Waals surface area contributed by atoms with Crippen molar-refractivity contribution in [3.8, 4) is 5.75 Å². The second-order valence-corrected chi connectivity index (χ2v) is 5.36. The van der Waals surface area contributed by atoms with Gasteiger partial charge in [0.1, 0.15) is 5.75 Å². The molecule has 0 saturated carbocycles. The van der Waals surface area contributed by atoms with Crippen molar-refractivity contribution in [2.24, 2.45) is 5.92 Å². The Kier molecular flexibility index (Phi) is 5.50. The van der Waals surface area contributed by atoms with Gasteiger partial charge in [0, 0.05) is 19.5 Å². The molecule has 1 aliphatic rings. The average Bonchev–Trinajstić information content (AvgIpc) is 2.40. The number of benzene rings is 1. The lowest BCUT2D eigenvalue weighted by Gasteiger charge is -2.32. The van der Waals surface area contributed by atoms with Crippen molar-refractivity contribution in [2.75, 3.05) is 13.1 Å². The maximum absolute atomic E-state index is 12.1. The Labute approximate surface area is 122 Å². The van der Waals surface area contributed by atoms with Gasteiger partial charge in [0.15, 0.2) is 0 Å². The van der Waals surface area contributed by atoms with Gasteiger partial charge in [-0.3, -0.25) is 9.69 Å². The van der Waals surface area contributed by atoms with E-state index in [2.05, 4.69) is 9.64 Å². The van der Waals surface area contributed by atoms with Crippen LogP contribution in [-0.2, 0) is 11.3 Å². The summed E-state index contributed by atoms with van der Waals surface area (Å²) in [7, 11) is 0. The normalized spacial score (nSPS) is 19.7. The monoisotopic (exact) mass is 299 g/mol. The molecule has 1 aromatic rings. The van der Waals surface area contributed by atoms with E-state index in [0.29, 0.717) is 6.54 Å². The molecule has 0 spiro atoms. The number of nitrogens with zero attached hydrogens (tertiary/aromatic N) is 1. The first-order valence-corrected chi connectivity index (χ1v) is 7.01. The number of alkyl halides is 2. The highest BCUT2D eigenvalue weighted by molar-refractivity contribution is 5.67. The van der Waals surface area contributed by atoms with E-state index in [4.69, 9.17) is 5.11 Å². The Morgan fingerprint density at radius 3 is 2.71 bits per heavy atom. The number of likely N-dealkylation sites (tertiary alicyclic amines) is 1. The summed E-state index contributed by atoms with van der Waals surface area (Å²) >= 11 is 0. The predicted octanol–water partition coefficient (Wildman–Crippen LogP) is 2.97. The second-order valence-electron chi connectivity index (χ2n) is 5.36. The fourth-order valence-corrected chi connectivity index (χ4v) is 2.74. The van der Waals surface area contributed by atoms with Crippen LogP contribution in [0.25, 0.3) is 0 Å². The van der Waals surface area contributed by atoms with Crippen molar-refractivity contribution in [1.82, 2.24) is 4.90 Å². The van der Waals surface area contributed by atoms with Crippen molar-refractivity contribution in [3.05, 3.63) is 29.8 Å². The van der Waals surface area contributed by atoms with Crippen LogP contribution < -0.4 is 4.74 Å². The molecule has 0 amide bonds. The van der Waals surface area contributed by atoms with Crippen LogP contribution in [0.5, 0.6) is 5.75 Å². The van der Waals surface area contributed by atoms with Crippen molar-refractivity contribution < 1.29 is 23.4 Å². The fourth-order valence-electron chi connectivity index (χ4n) is 2.74. The number of ether oxygens (including phenoxy) is 1. The molecule has 0 bridgehead atoms. The van der Waals surface area contributed by atoms with E-state index < -0.39 is 12.6 Å². The Hall–Kier alpha value is -1.69. The molecule has 1 unspecified atom stereocenters. The molecule has 0 aliphatic carbocycles. The smallest absolute Gasteiger partial charge is 0.387 e. The quantitative estimate of drug-likeness (QED) is 0.877. The summed E-state index contributed by atoms with van der Waals surface area (Å²) < 4.78 is 28.4. The van der Waals surface area contributed by atoms with Crippen LogP contribution in [0.15, 0.2) is 24.3 Å². The zero-order chi connectivity index (χ0) is 15.2. The van der Waals surface area contributed by atoms with Crippen molar-refractivity contribution in [1.29, 1.82) is 0 Å². The molecule has 1 saturated heterocycles. The van der Waals surface area contributed by atoms with Crippen LogP contribution in [-0.4, -0.2) is 35.7 Å². The molecular formula is C15H19F2NO3. The Morgan fingerprint density at radius 1 is 1.38 bits per heavy atom. The summed E-state index contributed by atoms with van der Waals surface area (Å²) in [5.41, 5.74) is 1.01. The molecule has 1 N–H and O–H groups in total. The number of carbonyl (C=O) groups is 1. The predicted molar refractivity (Wildman–Crippen MR) is 73.3 cm³/mol. The van der Waals surface area contributed by atoms with Crippen LogP contribution >= 0.6 is 0 Å². The molecule has 1 fully saturated rings.